The Bertz CT molecular complexity index is 1450. The third-order valence-electron chi connectivity index (χ3n) is 7.87. The van der Waals surface area contributed by atoms with Crippen molar-refractivity contribution in [1.82, 2.24) is 9.80 Å². The lowest BCUT2D eigenvalue weighted by molar-refractivity contribution is -0.140. The number of ketones is 1. The number of Topliss-reactive ketones (excluding diaryl/α,β-unsaturated/α-hetero) is 1. The van der Waals surface area contributed by atoms with Gasteiger partial charge < -0.3 is 24.2 Å². The van der Waals surface area contributed by atoms with Gasteiger partial charge in [0, 0.05) is 31.7 Å². The van der Waals surface area contributed by atoms with E-state index in [2.05, 4.69) is 11.8 Å². The van der Waals surface area contributed by atoms with Crippen LogP contribution in [0.3, 0.4) is 0 Å². The molecule has 8 heteroatoms. The molecule has 226 valence electrons. The Labute approximate surface area is 253 Å². The third kappa shape index (κ3) is 7.27. The second kappa shape index (κ2) is 14.4. The Morgan fingerprint density at radius 3 is 2.44 bits per heavy atom. The number of amides is 1. The van der Waals surface area contributed by atoms with Crippen LogP contribution in [0.1, 0.15) is 48.9 Å². The molecule has 43 heavy (non-hydrogen) atoms. The van der Waals surface area contributed by atoms with E-state index in [1.54, 1.807) is 17.0 Å². The van der Waals surface area contributed by atoms with Crippen molar-refractivity contribution < 1.29 is 28.9 Å². The summed E-state index contributed by atoms with van der Waals surface area (Å²) in [4.78, 5) is 31.0. The van der Waals surface area contributed by atoms with Crippen LogP contribution in [0.2, 0.25) is 0 Å². The molecule has 5 rings (SSSR count). The number of likely N-dealkylation sites (tertiary alicyclic amines) is 1. The summed E-state index contributed by atoms with van der Waals surface area (Å²) in [6.45, 7) is 8.86. The minimum Gasteiger partial charge on any atom is -0.507 e. The van der Waals surface area contributed by atoms with Gasteiger partial charge in [0.15, 0.2) is 0 Å². The van der Waals surface area contributed by atoms with Crippen LogP contribution in [0, 0.1) is 6.92 Å². The number of aliphatic hydroxyl groups excluding tert-OH is 1. The van der Waals surface area contributed by atoms with Gasteiger partial charge in [-0.05, 0) is 73.4 Å². The number of rotatable bonds is 12. The van der Waals surface area contributed by atoms with Crippen LogP contribution in [-0.4, -0.2) is 72.6 Å². The molecule has 0 radical (unpaired) electrons. The molecule has 2 saturated heterocycles. The minimum atomic E-state index is -0.759. The molecule has 3 aromatic carbocycles. The highest BCUT2D eigenvalue weighted by atomic mass is 16.5. The summed E-state index contributed by atoms with van der Waals surface area (Å²) in [7, 11) is 0. The number of aliphatic hydroxyl groups is 1. The van der Waals surface area contributed by atoms with Crippen LogP contribution in [0.4, 0.5) is 0 Å². The predicted molar refractivity (Wildman–Crippen MR) is 165 cm³/mol. The number of morpholine rings is 1. The van der Waals surface area contributed by atoms with Crippen LogP contribution in [0.15, 0.2) is 78.4 Å². The van der Waals surface area contributed by atoms with Gasteiger partial charge in [0.05, 0.1) is 31.4 Å². The number of unbranched alkanes of at least 4 members (excludes halogenated alkanes) is 1. The summed E-state index contributed by atoms with van der Waals surface area (Å²) in [5, 5.41) is 11.6. The van der Waals surface area contributed by atoms with Crippen LogP contribution >= 0.6 is 0 Å². The molecule has 1 amide bonds. The first kappa shape index (κ1) is 30.3. The molecule has 8 nitrogen and oxygen atoms in total. The molecule has 0 unspecified atom stereocenters. The number of para-hydroxylation sites is 1. The van der Waals surface area contributed by atoms with Gasteiger partial charge in [-0.25, -0.2) is 0 Å². The summed E-state index contributed by atoms with van der Waals surface area (Å²) in [5.74, 6) is 0.485. The Balaban J connectivity index is 1.48. The molecule has 3 aromatic rings. The number of carbonyl (C=O) groups is 2. The molecule has 2 heterocycles. The standard InChI is InChI=1S/C35H40N2O6/c1-3-4-20-42-30-15-14-27(23-25(30)2)33(38)31-32(26-10-8-13-29(24-26)43-28-11-6-5-7-12-28)37(35(40)34(31)39)17-9-16-36-18-21-41-22-19-36/h5-8,10-15,23-24,32,38H,3-4,9,16-22H2,1-2H3/t32-/m1/s1. The van der Waals surface area contributed by atoms with Crippen LogP contribution in [0.25, 0.3) is 5.76 Å². The Morgan fingerprint density at radius 2 is 1.70 bits per heavy atom. The van der Waals surface area contributed by atoms with E-state index in [0.717, 1.165) is 43.8 Å². The second-order valence-corrected chi connectivity index (χ2v) is 11.0. The maximum atomic E-state index is 13.6. The fourth-order valence-corrected chi connectivity index (χ4v) is 5.56. The first-order valence-corrected chi connectivity index (χ1v) is 15.1. The number of hydrogen-bond acceptors (Lipinski definition) is 7. The monoisotopic (exact) mass is 584 g/mol. The molecule has 0 bridgehead atoms. The lowest BCUT2D eigenvalue weighted by atomic mass is 9.94. The first-order valence-electron chi connectivity index (χ1n) is 15.1. The average Bonchev–Trinajstić information content (AvgIpc) is 3.28. The van der Waals surface area contributed by atoms with E-state index in [9.17, 15) is 14.7 Å². The first-order chi connectivity index (χ1) is 21.0. The molecule has 0 spiro atoms. The van der Waals surface area contributed by atoms with Crippen LogP contribution < -0.4 is 9.47 Å². The third-order valence-corrected chi connectivity index (χ3v) is 7.87. The highest BCUT2D eigenvalue weighted by molar-refractivity contribution is 6.46. The van der Waals surface area contributed by atoms with Crippen molar-refractivity contribution in [2.75, 3.05) is 46.0 Å². The molecule has 0 aliphatic carbocycles. The molecule has 2 fully saturated rings. The van der Waals surface area contributed by atoms with Crippen molar-refractivity contribution in [1.29, 1.82) is 0 Å². The summed E-state index contributed by atoms with van der Waals surface area (Å²) < 4.78 is 17.4. The van der Waals surface area contributed by atoms with Gasteiger partial charge in [-0.1, -0.05) is 43.7 Å². The molecular formula is C35H40N2O6. The van der Waals surface area contributed by atoms with Crippen LogP contribution in [-0.2, 0) is 14.3 Å². The molecule has 0 saturated carbocycles. The zero-order valence-electron chi connectivity index (χ0n) is 25.0. The number of ether oxygens (including phenoxy) is 3. The summed E-state index contributed by atoms with van der Waals surface area (Å²) in [5.41, 5.74) is 2.08. The number of nitrogens with zero attached hydrogens (tertiary/aromatic N) is 2. The summed E-state index contributed by atoms with van der Waals surface area (Å²) >= 11 is 0. The fraction of sp³-hybridized carbons (Fsp3) is 0.371. The van der Waals surface area contributed by atoms with Crippen LogP contribution in [0.5, 0.6) is 17.2 Å². The molecule has 2 aliphatic heterocycles. The lowest BCUT2D eigenvalue weighted by Gasteiger charge is -2.29. The molecule has 1 atom stereocenters. The van der Waals surface area contributed by atoms with Crippen molar-refractivity contribution >= 4 is 17.4 Å². The van der Waals surface area contributed by atoms with Gasteiger partial charge in [0.25, 0.3) is 11.7 Å². The van der Waals surface area contributed by atoms with Gasteiger partial charge in [0.2, 0.25) is 0 Å². The van der Waals surface area contributed by atoms with E-state index in [0.29, 0.717) is 55.4 Å². The summed E-state index contributed by atoms with van der Waals surface area (Å²) in [6, 6.07) is 21.4. The number of aryl methyl sites for hydroxylation is 1. The fourth-order valence-electron chi connectivity index (χ4n) is 5.56. The maximum absolute atomic E-state index is 13.6. The largest absolute Gasteiger partial charge is 0.507 e. The highest BCUT2D eigenvalue weighted by Gasteiger charge is 2.46. The van der Waals surface area contributed by atoms with E-state index >= 15 is 0 Å². The molecule has 2 aliphatic rings. The van der Waals surface area contributed by atoms with E-state index in [1.165, 1.54) is 0 Å². The zero-order valence-corrected chi connectivity index (χ0v) is 25.0. The zero-order chi connectivity index (χ0) is 30.2. The lowest BCUT2D eigenvalue weighted by Crippen LogP contribution is -2.38. The Hall–Kier alpha value is -4.14. The van der Waals surface area contributed by atoms with Crippen molar-refractivity contribution in [2.24, 2.45) is 0 Å². The van der Waals surface area contributed by atoms with Gasteiger partial charge in [-0.3, -0.25) is 14.5 Å². The summed E-state index contributed by atoms with van der Waals surface area (Å²) in [6.07, 6.45) is 2.66. The van der Waals surface area contributed by atoms with Gasteiger partial charge in [0.1, 0.15) is 23.0 Å². The minimum absolute atomic E-state index is 0.0762. The van der Waals surface area contributed by atoms with E-state index in [1.807, 2.05) is 67.6 Å². The van der Waals surface area contributed by atoms with Crippen molar-refractivity contribution in [2.45, 2.75) is 39.2 Å². The molecule has 0 aromatic heterocycles. The maximum Gasteiger partial charge on any atom is 0.295 e. The number of carbonyl (C=O) groups excluding carboxylic acids is 2. The van der Waals surface area contributed by atoms with Gasteiger partial charge in [-0.2, -0.15) is 0 Å². The van der Waals surface area contributed by atoms with Crippen molar-refractivity contribution in [3.63, 3.8) is 0 Å². The van der Waals surface area contributed by atoms with E-state index in [-0.39, 0.29) is 11.3 Å². The highest BCUT2D eigenvalue weighted by Crippen LogP contribution is 2.41. The van der Waals surface area contributed by atoms with Gasteiger partial charge in [-0.15, -0.1) is 0 Å². The SMILES string of the molecule is CCCCOc1ccc(C(O)=C2C(=O)C(=O)N(CCCN3CCOCC3)[C@@H]2c2cccc(Oc3ccccc3)c2)cc1C. The van der Waals surface area contributed by atoms with Crippen molar-refractivity contribution in [3.8, 4) is 17.2 Å². The Kier molecular flexibility index (Phi) is 10.1. The average molecular weight is 585 g/mol. The quantitative estimate of drug-likeness (QED) is 0.119. The smallest absolute Gasteiger partial charge is 0.295 e. The number of benzene rings is 3. The second-order valence-electron chi connectivity index (χ2n) is 11.0. The number of hydrogen-bond donors (Lipinski definition) is 1. The Morgan fingerprint density at radius 1 is 0.930 bits per heavy atom. The molecule has 1 N–H and O–H groups in total. The van der Waals surface area contributed by atoms with Gasteiger partial charge >= 0.3 is 0 Å². The normalized spacial score (nSPS) is 18.7. The molecular weight excluding hydrogens is 544 g/mol. The van der Waals surface area contributed by atoms with Crippen molar-refractivity contribution in [3.05, 3.63) is 95.1 Å². The van der Waals surface area contributed by atoms with E-state index in [4.69, 9.17) is 14.2 Å². The topological polar surface area (TPSA) is 88.5 Å². The predicted octanol–water partition coefficient (Wildman–Crippen LogP) is 6.11. The van der Waals surface area contributed by atoms with E-state index < -0.39 is 17.7 Å².